The minimum atomic E-state index is -0.504. The van der Waals surface area contributed by atoms with Gasteiger partial charge in [-0.1, -0.05) is 6.92 Å². The Bertz CT molecular complexity index is 606. The summed E-state index contributed by atoms with van der Waals surface area (Å²) in [6.45, 7) is 1.80. The molecule has 102 valence electrons. The molecule has 0 N–H and O–H groups in total. The van der Waals surface area contributed by atoms with Crippen LogP contribution in [0.2, 0.25) is 0 Å². The van der Waals surface area contributed by atoms with E-state index in [4.69, 9.17) is 9.15 Å². The average Bonchev–Trinajstić information content (AvgIpc) is 2.98. The molecule has 0 aliphatic heterocycles. The Balaban J connectivity index is 1.96. The van der Waals surface area contributed by atoms with Gasteiger partial charge in [0, 0.05) is 18.1 Å². The summed E-state index contributed by atoms with van der Waals surface area (Å²) in [6, 6.07) is 9.95. The molecular weight excluding hydrogens is 256 g/mol. The van der Waals surface area contributed by atoms with Crippen molar-refractivity contribution in [2.24, 2.45) is 0 Å². The van der Waals surface area contributed by atoms with Gasteiger partial charge >= 0.3 is 5.97 Å². The van der Waals surface area contributed by atoms with Crippen LogP contribution in [0.5, 0.6) is 5.75 Å². The fourth-order valence-electron chi connectivity index (χ4n) is 1.60. The van der Waals surface area contributed by atoms with E-state index in [9.17, 15) is 9.59 Å². The second-order valence-electron chi connectivity index (χ2n) is 4.07. The van der Waals surface area contributed by atoms with Crippen LogP contribution < -0.4 is 4.74 Å². The van der Waals surface area contributed by atoms with Gasteiger partial charge in [-0.3, -0.25) is 4.79 Å². The van der Waals surface area contributed by atoms with E-state index in [1.807, 2.05) is 0 Å². The minimum absolute atomic E-state index is 0.0561. The van der Waals surface area contributed by atoms with Crippen LogP contribution in [0.15, 0.2) is 53.2 Å². The van der Waals surface area contributed by atoms with E-state index in [-0.39, 0.29) is 5.78 Å². The number of hydrogen-bond acceptors (Lipinski definition) is 4. The van der Waals surface area contributed by atoms with E-state index >= 15 is 0 Å². The first-order chi connectivity index (χ1) is 9.69. The monoisotopic (exact) mass is 270 g/mol. The summed E-state index contributed by atoms with van der Waals surface area (Å²) in [4.78, 5) is 23.0. The Morgan fingerprint density at radius 2 is 1.95 bits per heavy atom. The van der Waals surface area contributed by atoms with Gasteiger partial charge in [-0.15, -0.1) is 0 Å². The molecule has 0 amide bonds. The van der Waals surface area contributed by atoms with Crippen LogP contribution in [0.1, 0.15) is 29.5 Å². The van der Waals surface area contributed by atoms with Crippen LogP contribution in [-0.2, 0) is 4.79 Å². The van der Waals surface area contributed by atoms with Crippen molar-refractivity contribution in [1.82, 2.24) is 0 Å². The Morgan fingerprint density at radius 3 is 2.55 bits per heavy atom. The number of Topliss-reactive ketones (excluding diaryl/α,β-unsaturated/α-hetero) is 1. The van der Waals surface area contributed by atoms with Crippen molar-refractivity contribution in [3.05, 3.63) is 60.1 Å². The molecule has 4 heteroatoms. The molecule has 0 unspecified atom stereocenters. The molecule has 0 bridgehead atoms. The van der Waals surface area contributed by atoms with Crippen molar-refractivity contribution in [1.29, 1.82) is 0 Å². The first-order valence-electron chi connectivity index (χ1n) is 6.25. The molecule has 20 heavy (non-hydrogen) atoms. The Labute approximate surface area is 116 Å². The van der Waals surface area contributed by atoms with E-state index in [2.05, 4.69) is 0 Å². The van der Waals surface area contributed by atoms with Crippen molar-refractivity contribution < 1.29 is 18.7 Å². The predicted octanol–water partition coefficient (Wildman–Crippen LogP) is 3.49. The summed E-state index contributed by atoms with van der Waals surface area (Å²) in [7, 11) is 0. The van der Waals surface area contributed by atoms with Gasteiger partial charge in [-0.2, -0.15) is 0 Å². The lowest BCUT2D eigenvalue weighted by molar-refractivity contribution is -0.128. The lowest BCUT2D eigenvalue weighted by Crippen LogP contribution is -2.04. The fourth-order valence-corrected chi connectivity index (χ4v) is 1.60. The van der Waals surface area contributed by atoms with Crippen molar-refractivity contribution in [2.75, 3.05) is 0 Å². The molecule has 0 aliphatic rings. The van der Waals surface area contributed by atoms with Gasteiger partial charge in [-0.05, 0) is 42.5 Å². The lowest BCUT2D eigenvalue weighted by Gasteiger charge is -2.02. The summed E-state index contributed by atoms with van der Waals surface area (Å²) in [5, 5.41) is 0. The predicted molar refractivity (Wildman–Crippen MR) is 74.4 cm³/mol. The van der Waals surface area contributed by atoms with Crippen LogP contribution >= 0.6 is 0 Å². The molecule has 4 nitrogen and oxygen atoms in total. The normalized spacial score (nSPS) is 10.7. The molecule has 0 radical (unpaired) electrons. The Hall–Kier alpha value is -2.62. The second-order valence-corrected chi connectivity index (χ2v) is 4.07. The number of hydrogen-bond donors (Lipinski definition) is 0. The van der Waals surface area contributed by atoms with Crippen LogP contribution in [0.3, 0.4) is 0 Å². The summed E-state index contributed by atoms with van der Waals surface area (Å²) in [6.07, 6.45) is 4.78. The molecule has 1 aromatic carbocycles. The van der Waals surface area contributed by atoms with Gasteiger partial charge in [0.15, 0.2) is 5.78 Å². The quantitative estimate of drug-likeness (QED) is 0.361. The molecule has 0 fully saturated rings. The number of ether oxygens (including phenoxy) is 1. The number of rotatable bonds is 5. The molecule has 2 rings (SSSR count). The largest absolute Gasteiger partial charge is 0.465 e. The zero-order valence-corrected chi connectivity index (χ0v) is 11.0. The van der Waals surface area contributed by atoms with E-state index in [1.54, 1.807) is 43.3 Å². The number of esters is 1. The van der Waals surface area contributed by atoms with Crippen molar-refractivity contribution in [3.63, 3.8) is 0 Å². The van der Waals surface area contributed by atoms with Crippen molar-refractivity contribution >= 4 is 17.8 Å². The first kappa shape index (κ1) is 13.8. The number of carbonyl (C=O) groups is 2. The highest BCUT2D eigenvalue weighted by Gasteiger charge is 2.05. The van der Waals surface area contributed by atoms with Gasteiger partial charge in [-0.25, -0.2) is 4.79 Å². The van der Waals surface area contributed by atoms with Crippen LogP contribution in [0.25, 0.3) is 6.08 Å². The zero-order valence-electron chi connectivity index (χ0n) is 11.0. The highest BCUT2D eigenvalue weighted by Crippen LogP contribution is 2.14. The third kappa shape index (κ3) is 3.68. The van der Waals surface area contributed by atoms with Crippen LogP contribution in [-0.4, -0.2) is 11.8 Å². The Morgan fingerprint density at radius 1 is 1.20 bits per heavy atom. The van der Waals surface area contributed by atoms with Gasteiger partial charge < -0.3 is 9.15 Å². The van der Waals surface area contributed by atoms with Crippen molar-refractivity contribution in [3.8, 4) is 5.75 Å². The maximum Gasteiger partial charge on any atom is 0.336 e. The second kappa shape index (κ2) is 6.52. The average molecular weight is 270 g/mol. The van der Waals surface area contributed by atoms with Gasteiger partial charge in [0.25, 0.3) is 0 Å². The molecular formula is C16H14O4. The molecule has 0 atom stereocenters. The van der Waals surface area contributed by atoms with Gasteiger partial charge in [0.1, 0.15) is 11.5 Å². The SMILES string of the molecule is CCC(=O)c1ccc(OC(=O)C=Cc2ccco2)cc1. The van der Waals surface area contributed by atoms with Gasteiger partial charge in [0.05, 0.1) is 6.26 Å². The van der Waals surface area contributed by atoms with Crippen LogP contribution in [0, 0.1) is 0 Å². The zero-order chi connectivity index (χ0) is 14.4. The number of ketones is 1. The Kier molecular flexibility index (Phi) is 4.50. The summed E-state index contributed by atoms with van der Waals surface area (Å²) in [5.41, 5.74) is 0.610. The lowest BCUT2D eigenvalue weighted by atomic mass is 10.1. The van der Waals surface area contributed by atoms with E-state index < -0.39 is 5.97 Å². The summed E-state index contributed by atoms with van der Waals surface area (Å²) < 4.78 is 10.2. The molecule has 1 heterocycles. The maximum absolute atomic E-state index is 11.6. The van der Waals surface area contributed by atoms with Crippen molar-refractivity contribution in [2.45, 2.75) is 13.3 Å². The standard InChI is InChI=1S/C16H14O4/c1-2-15(17)12-5-7-14(8-6-12)20-16(18)10-9-13-4-3-11-19-13/h3-11H,2H2,1H3. The molecule has 1 aromatic heterocycles. The maximum atomic E-state index is 11.6. The molecule has 2 aromatic rings. The fraction of sp³-hybridized carbons (Fsp3) is 0.125. The summed E-state index contributed by atoms with van der Waals surface area (Å²) in [5.74, 6) is 0.522. The highest BCUT2D eigenvalue weighted by atomic mass is 16.5. The first-order valence-corrected chi connectivity index (χ1v) is 6.25. The molecule has 0 spiro atoms. The molecule has 0 aliphatic carbocycles. The smallest absolute Gasteiger partial charge is 0.336 e. The number of benzene rings is 1. The number of furan rings is 1. The third-order valence-electron chi connectivity index (χ3n) is 2.64. The molecule has 0 saturated heterocycles. The van der Waals surface area contributed by atoms with E-state index in [1.165, 1.54) is 18.4 Å². The van der Waals surface area contributed by atoms with Crippen LogP contribution in [0.4, 0.5) is 0 Å². The van der Waals surface area contributed by atoms with E-state index in [0.29, 0.717) is 23.5 Å². The summed E-state index contributed by atoms with van der Waals surface area (Å²) >= 11 is 0. The number of carbonyl (C=O) groups excluding carboxylic acids is 2. The third-order valence-corrected chi connectivity index (χ3v) is 2.64. The topological polar surface area (TPSA) is 56.5 Å². The highest BCUT2D eigenvalue weighted by molar-refractivity contribution is 5.96. The van der Waals surface area contributed by atoms with Gasteiger partial charge in [0.2, 0.25) is 0 Å². The van der Waals surface area contributed by atoms with E-state index in [0.717, 1.165) is 0 Å². The minimum Gasteiger partial charge on any atom is -0.465 e. The molecule has 0 saturated carbocycles.